The largest absolute Gasteiger partial charge is 0.478 e. The quantitative estimate of drug-likeness (QED) is 0.579. The monoisotopic (exact) mass is 449 g/mol. The first kappa shape index (κ1) is 20.1. The number of ether oxygens (including phenoxy) is 1. The highest BCUT2D eigenvalue weighted by atomic mass is 16.5. The van der Waals surface area contributed by atoms with Gasteiger partial charge < -0.3 is 24.1 Å². The summed E-state index contributed by atoms with van der Waals surface area (Å²) in [7, 11) is 3.40. The molecule has 4 heterocycles. The molecule has 3 saturated carbocycles. The van der Waals surface area contributed by atoms with Crippen LogP contribution in [-0.4, -0.2) is 54.9 Å². The van der Waals surface area contributed by atoms with Gasteiger partial charge in [0.05, 0.1) is 31.4 Å². The van der Waals surface area contributed by atoms with Gasteiger partial charge in [-0.1, -0.05) is 6.58 Å². The fraction of sp³-hybridized carbons (Fsp3) is 0.478. The molecule has 1 saturated heterocycles. The van der Waals surface area contributed by atoms with Crippen molar-refractivity contribution in [3.63, 3.8) is 0 Å². The number of imidazole rings is 1. The van der Waals surface area contributed by atoms with Crippen molar-refractivity contribution in [3.05, 3.63) is 41.7 Å². The fourth-order valence-corrected chi connectivity index (χ4v) is 5.73. The number of fused-ring (bicyclic) bond motifs is 1. The molecule has 1 aliphatic heterocycles. The zero-order chi connectivity index (χ0) is 22.9. The van der Waals surface area contributed by atoms with Crippen LogP contribution >= 0.6 is 0 Å². The molecule has 10 nitrogen and oxygen atoms in total. The van der Waals surface area contributed by atoms with Gasteiger partial charge in [0.25, 0.3) is 11.4 Å². The molecule has 1 N–H and O–H groups in total. The van der Waals surface area contributed by atoms with Crippen LogP contribution in [0.5, 0.6) is 5.88 Å². The smallest absolute Gasteiger partial charge is 0.277 e. The summed E-state index contributed by atoms with van der Waals surface area (Å²) in [5.74, 6) is 1.13. The average molecular weight is 450 g/mol. The third kappa shape index (κ3) is 2.86. The van der Waals surface area contributed by atoms with Gasteiger partial charge in [0.2, 0.25) is 5.91 Å². The van der Waals surface area contributed by atoms with Crippen molar-refractivity contribution >= 4 is 28.3 Å². The van der Waals surface area contributed by atoms with Gasteiger partial charge in [0, 0.05) is 31.9 Å². The summed E-state index contributed by atoms with van der Waals surface area (Å²) in [5.41, 5.74) is 2.64. The number of nitrogens with one attached hydrogen (secondary N) is 1. The van der Waals surface area contributed by atoms with Crippen LogP contribution in [0.1, 0.15) is 31.7 Å². The number of aromatic nitrogens is 5. The summed E-state index contributed by atoms with van der Waals surface area (Å²) in [6.07, 6.45) is 10.8. The lowest BCUT2D eigenvalue weighted by atomic mass is 9.49. The Morgan fingerprint density at radius 1 is 1.30 bits per heavy atom. The van der Waals surface area contributed by atoms with Crippen molar-refractivity contribution in [1.82, 2.24) is 28.8 Å². The highest BCUT2D eigenvalue weighted by Crippen LogP contribution is 2.62. The number of rotatable bonds is 6. The average Bonchev–Trinajstić information content (AvgIpc) is 3.46. The molecule has 172 valence electrons. The minimum Gasteiger partial charge on any atom is -0.478 e. The van der Waals surface area contributed by atoms with E-state index in [4.69, 9.17) is 4.74 Å². The molecule has 4 fully saturated rings. The van der Waals surface area contributed by atoms with Crippen molar-refractivity contribution in [1.29, 1.82) is 0 Å². The van der Waals surface area contributed by atoms with Gasteiger partial charge in [-0.3, -0.25) is 14.3 Å². The van der Waals surface area contributed by atoms with Crippen LogP contribution in [0.2, 0.25) is 0 Å². The van der Waals surface area contributed by atoms with E-state index in [1.807, 2.05) is 25.8 Å². The van der Waals surface area contributed by atoms with Gasteiger partial charge >= 0.3 is 0 Å². The number of pyridine rings is 1. The topological polar surface area (TPSA) is 99.2 Å². The number of carbonyl (C=O) groups is 1. The third-order valence-corrected chi connectivity index (χ3v) is 7.55. The molecule has 33 heavy (non-hydrogen) atoms. The lowest BCUT2D eigenvalue weighted by Gasteiger charge is -2.62. The van der Waals surface area contributed by atoms with Crippen LogP contribution in [0.25, 0.3) is 11.0 Å². The molecule has 2 bridgehead atoms. The first-order chi connectivity index (χ1) is 15.9. The molecule has 7 rings (SSSR count). The highest BCUT2D eigenvalue weighted by Gasteiger charge is 2.58. The fourth-order valence-electron chi connectivity index (χ4n) is 5.73. The number of aryl methyl sites for hydroxylation is 1. The zero-order valence-electron chi connectivity index (χ0n) is 18.8. The van der Waals surface area contributed by atoms with Crippen molar-refractivity contribution < 1.29 is 9.53 Å². The number of hydrogen-bond acceptors (Lipinski definition) is 6. The number of hydrogen-bond donors (Lipinski definition) is 1. The van der Waals surface area contributed by atoms with Crippen LogP contribution in [-0.2, 0) is 17.4 Å². The van der Waals surface area contributed by atoms with Crippen molar-refractivity contribution in [3.8, 4) is 5.88 Å². The van der Waals surface area contributed by atoms with Crippen LogP contribution in [0.4, 0.5) is 11.4 Å². The molecule has 1 amide bonds. The summed E-state index contributed by atoms with van der Waals surface area (Å²) in [4.78, 5) is 32.3. The second-order valence-electron chi connectivity index (χ2n) is 9.55. The summed E-state index contributed by atoms with van der Waals surface area (Å²) in [5, 5.41) is 7.72. The SMILES string of the molecule is C=CC(=O)N1CCC(n2cc(Nc3cn(C)nc3OC)c3ncn(C45CC(C4)C5)c3c2=O)C1. The Labute approximate surface area is 190 Å². The number of methoxy groups -OCH3 is 1. The summed E-state index contributed by atoms with van der Waals surface area (Å²) in [6, 6.07) is -0.112. The van der Waals surface area contributed by atoms with E-state index in [2.05, 4.69) is 26.5 Å². The Morgan fingerprint density at radius 2 is 2.09 bits per heavy atom. The number of carbonyl (C=O) groups excluding carboxylic acids is 1. The maximum atomic E-state index is 13.8. The number of likely N-dealkylation sites (tertiary alicyclic amines) is 1. The van der Waals surface area contributed by atoms with E-state index < -0.39 is 0 Å². The maximum Gasteiger partial charge on any atom is 0.277 e. The van der Waals surface area contributed by atoms with E-state index in [1.165, 1.54) is 6.08 Å². The maximum absolute atomic E-state index is 13.8. The Kier molecular flexibility index (Phi) is 4.24. The molecular weight excluding hydrogens is 422 g/mol. The minimum atomic E-state index is -0.112. The first-order valence-corrected chi connectivity index (χ1v) is 11.3. The van der Waals surface area contributed by atoms with Gasteiger partial charge in [0.15, 0.2) is 0 Å². The van der Waals surface area contributed by atoms with Crippen LogP contribution in [0.3, 0.4) is 0 Å². The molecule has 4 aliphatic rings. The normalized spacial score (nSPS) is 25.6. The van der Waals surface area contributed by atoms with Gasteiger partial charge in [-0.25, -0.2) is 4.98 Å². The summed E-state index contributed by atoms with van der Waals surface area (Å²) in [6.45, 7) is 4.67. The third-order valence-electron chi connectivity index (χ3n) is 7.55. The van der Waals surface area contributed by atoms with Crippen LogP contribution in [0, 0.1) is 5.92 Å². The number of anilines is 2. The highest BCUT2D eigenvalue weighted by molar-refractivity contribution is 5.90. The molecule has 10 heteroatoms. The molecule has 1 atom stereocenters. The van der Waals surface area contributed by atoms with E-state index >= 15 is 0 Å². The van der Waals surface area contributed by atoms with Gasteiger partial charge in [-0.15, -0.1) is 5.10 Å². The number of amides is 1. The van der Waals surface area contributed by atoms with E-state index in [0.29, 0.717) is 42.1 Å². The standard InChI is InChI=1S/C23H27N7O3/c1-4-18(31)28-6-5-15(10-28)29-12-16(25-17-11-27(2)26-21(17)33-3)19-20(22(29)32)30(13-24-19)23-7-14(8-23)9-23/h4,11-15,25H,1,5-10H2,2-3H3. The molecule has 3 aliphatic carbocycles. The Bertz CT molecular complexity index is 1330. The molecule has 0 aromatic carbocycles. The molecule has 1 unspecified atom stereocenters. The predicted octanol–water partition coefficient (Wildman–Crippen LogP) is 2.15. The molecule has 3 aromatic heterocycles. The van der Waals surface area contributed by atoms with E-state index in [9.17, 15) is 9.59 Å². The van der Waals surface area contributed by atoms with Crippen molar-refractivity contribution in [2.24, 2.45) is 13.0 Å². The molecule has 3 aromatic rings. The molecular formula is C23H27N7O3. The lowest BCUT2D eigenvalue weighted by molar-refractivity contribution is -0.125. The molecule has 0 radical (unpaired) electrons. The zero-order valence-corrected chi connectivity index (χ0v) is 18.8. The minimum absolute atomic E-state index is 0.0293. The predicted molar refractivity (Wildman–Crippen MR) is 123 cm³/mol. The van der Waals surface area contributed by atoms with Crippen molar-refractivity contribution in [2.75, 3.05) is 25.5 Å². The van der Waals surface area contributed by atoms with Crippen molar-refractivity contribution in [2.45, 2.75) is 37.3 Å². The van der Waals surface area contributed by atoms with E-state index in [1.54, 1.807) is 21.3 Å². The Hall–Kier alpha value is -3.56. The molecule has 0 spiro atoms. The second-order valence-corrected chi connectivity index (χ2v) is 9.55. The Morgan fingerprint density at radius 3 is 2.76 bits per heavy atom. The van der Waals surface area contributed by atoms with Crippen LogP contribution in [0.15, 0.2) is 36.2 Å². The van der Waals surface area contributed by atoms with Crippen LogP contribution < -0.4 is 15.6 Å². The first-order valence-electron chi connectivity index (χ1n) is 11.3. The Balaban J connectivity index is 1.48. The van der Waals surface area contributed by atoms with E-state index in [0.717, 1.165) is 30.9 Å². The van der Waals surface area contributed by atoms with Gasteiger partial charge in [0.1, 0.15) is 16.7 Å². The van der Waals surface area contributed by atoms with Gasteiger partial charge in [-0.05, 0) is 37.7 Å². The lowest BCUT2D eigenvalue weighted by Crippen LogP contribution is -2.59. The summed E-state index contributed by atoms with van der Waals surface area (Å²) >= 11 is 0. The number of nitrogens with zero attached hydrogens (tertiary/aromatic N) is 6. The van der Waals surface area contributed by atoms with E-state index in [-0.39, 0.29) is 23.0 Å². The second kappa shape index (κ2) is 6.97. The summed E-state index contributed by atoms with van der Waals surface area (Å²) < 4.78 is 11.0. The van der Waals surface area contributed by atoms with Gasteiger partial charge in [-0.2, -0.15) is 0 Å².